The van der Waals surface area contributed by atoms with Crippen LogP contribution in [-0.4, -0.2) is 24.3 Å². The van der Waals surface area contributed by atoms with Crippen LogP contribution < -0.4 is 4.74 Å². The fraction of sp³-hybridized carbons (Fsp3) is 0.333. The van der Waals surface area contributed by atoms with Crippen molar-refractivity contribution >= 4 is 17.2 Å². The highest BCUT2D eigenvalue weighted by Gasteiger charge is 2.50. The van der Waals surface area contributed by atoms with Gasteiger partial charge in [0.2, 0.25) is 0 Å². The van der Waals surface area contributed by atoms with Crippen LogP contribution in [0, 0.1) is 0 Å². The number of carbonyl (C=O) groups excluding carboxylic acids is 1. The monoisotopic (exact) mass is 231 g/mol. The lowest BCUT2D eigenvalue weighted by Gasteiger charge is -2.04. The molecular weight excluding hydrogens is 218 g/mol. The van der Waals surface area contributed by atoms with E-state index in [1.54, 1.807) is 26.2 Å². The van der Waals surface area contributed by atoms with E-state index in [1.165, 1.54) is 6.92 Å². The molecule has 0 amide bonds. The second-order valence-electron chi connectivity index (χ2n) is 3.80. The standard InChI is InChI=1S/C12H13N3O2/c1-8-12(13-8,9(2)16)15-14-10-6-4-5-7-11(10)17-3/h4-7H,1-3H3. The van der Waals surface area contributed by atoms with E-state index in [2.05, 4.69) is 15.2 Å². The molecule has 0 fully saturated rings. The fourth-order valence-corrected chi connectivity index (χ4v) is 1.55. The number of rotatable bonds is 4. The molecule has 0 aromatic heterocycles. The second-order valence-corrected chi connectivity index (χ2v) is 3.80. The molecule has 88 valence electrons. The third-order valence-electron chi connectivity index (χ3n) is 2.66. The van der Waals surface area contributed by atoms with E-state index in [-0.39, 0.29) is 5.78 Å². The van der Waals surface area contributed by atoms with Crippen LogP contribution in [0.25, 0.3) is 0 Å². The first kappa shape index (κ1) is 11.4. The van der Waals surface area contributed by atoms with Crippen LogP contribution in [-0.2, 0) is 4.79 Å². The van der Waals surface area contributed by atoms with Crippen molar-refractivity contribution < 1.29 is 9.53 Å². The Morgan fingerprint density at radius 1 is 1.41 bits per heavy atom. The molecular formula is C12H13N3O2. The number of ether oxygens (including phenoxy) is 1. The number of hydrogen-bond acceptors (Lipinski definition) is 5. The molecule has 5 heteroatoms. The van der Waals surface area contributed by atoms with Crippen LogP contribution in [0.5, 0.6) is 5.75 Å². The maximum Gasteiger partial charge on any atom is 0.266 e. The minimum absolute atomic E-state index is 0.117. The molecule has 2 rings (SSSR count). The number of benzene rings is 1. The number of azo groups is 1. The largest absolute Gasteiger partial charge is 0.494 e. The Bertz CT molecular complexity index is 522. The van der Waals surface area contributed by atoms with Crippen molar-refractivity contribution in [1.82, 2.24) is 0 Å². The SMILES string of the molecule is COc1ccccc1N=NC1(C(C)=O)N=C1C. The van der Waals surface area contributed by atoms with Crippen LogP contribution in [0.2, 0.25) is 0 Å². The van der Waals surface area contributed by atoms with E-state index in [1.807, 2.05) is 12.1 Å². The smallest absolute Gasteiger partial charge is 0.266 e. The Kier molecular flexibility index (Phi) is 2.75. The minimum Gasteiger partial charge on any atom is -0.494 e. The highest BCUT2D eigenvalue weighted by molar-refractivity contribution is 6.21. The van der Waals surface area contributed by atoms with E-state index in [4.69, 9.17) is 4.74 Å². The van der Waals surface area contributed by atoms with Gasteiger partial charge in [0.25, 0.3) is 5.66 Å². The van der Waals surface area contributed by atoms with E-state index in [0.717, 1.165) is 0 Å². The number of aliphatic imine (C=N–C) groups is 1. The van der Waals surface area contributed by atoms with Crippen molar-refractivity contribution in [2.75, 3.05) is 7.11 Å². The molecule has 0 saturated carbocycles. The van der Waals surface area contributed by atoms with Gasteiger partial charge in [-0.1, -0.05) is 12.1 Å². The summed E-state index contributed by atoms with van der Waals surface area (Å²) in [6, 6.07) is 7.23. The molecule has 1 heterocycles. The third kappa shape index (κ3) is 1.95. The predicted molar refractivity (Wildman–Crippen MR) is 64.0 cm³/mol. The lowest BCUT2D eigenvalue weighted by molar-refractivity contribution is -0.118. The van der Waals surface area contributed by atoms with E-state index < -0.39 is 5.66 Å². The van der Waals surface area contributed by atoms with Gasteiger partial charge in [0.1, 0.15) is 11.4 Å². The molecule has 1 aromatic carbocycles. The Hall–Kier alpha value is -2.04. The van der Waals surface area contributed by atoms with Crippen molar-refractivity contribution in [1.29, 1.82) is 0 Å². The van der Waals surface area contributed by atoms with Gasteiger partial charge in [-0.2, -0.15) is 0 Å². The summed E-state index contributed by atoms with van der Waals surface area (Å²) >= 11 is 0. The number of methoxy groups -OCH3 is 1. The van der Waals surface area contributed by atoms with Crippen molar-refractivity contribution in [2.24, 2.45) is 15.2 Å². The van der Waals surface area contributed by atoms with Gasteiger partial charge >= 0.3 is 0 Å². The molecule has 0 radical (unpaired) electrons. The van der Waals surface area contributed by atoms with Crippen LogP contribution >= 0.6 is 0 Å². The minimum atomic E-state index is -1.04. The maximum absolute atomic E-state index is 11.4. The number of nitrogens with zero attached hydrogens (tertiary/aromatic N) is 3. The molecule has 0 aliphatic carbocycles. The van der Waals surface area contributed by atoms with Gasteiger partial charge in [-0.3, -0.25) is 4.79 Å². The fourth-order valence-electron chi connectivity index (χ4n) is 1.55. The van der Waals surface area contributed by atoms with Gasteiger partial charge in [-0.25, -0.2) is 4.99 Å². The van der Waals surface area contributed by atoms with Gasteiger partial charge in [0.05, 0.1) is 12.8 Å². The van der Waals surface area contributed by atoms with E-state index >= 15 is 0 Å². The van der Waals surface area contributed by atoms with Gasteiger partial charge in [-0.05, 0) is 26.0 Å². The molecule has 0 saturated heterocycles. The molecule has 17 heavy (non-hydrogen) atoms. The van der Waals surface area contributed by atoms with E-state index in [9.17, 15) is 4.79 Å². The third-order valence-corrected chi connectivity index (χ3v) is 2.66. The first-order chi connectivity index (χ1) is 8.10. The first-order valence-corrected chi connectivity index (χ1v) is 5.24. The predicted octanol–water partition coefficient (Wildman–Crippen LogP) is 2.54. The Labute approximate surface area is 99.2 Å². The maximum atomic E-state index is 11.4. The topological polar surface area (TPSA) is 63.4 Å². The number of Topliss-reactive ketones (excluding diaryl/α,β-unsaturated/α-hetero) is 1. The van der Waals surface area contributed by atoms with Crippen LogP contribution in [0.1, 0.15) is 13.8 Å². The number of carbonyl (C=O) groups is 1. The Balaban J connectivity index is 2.24. The zero-order chi connectivity index (χ0) is 12.5. The zero-order valence-electron chi connectivity index (χ0n) is 9.97. The summed E-state index contributed by atoms with van der Waals surface area (Å²) < 4.78 is 5.14. The summed E-state index contributed by atoms with van der Waals surface area (Å²) in [6.45, 7) is 3.23. The van der Waals surface area contributed by atoms with Gasteiger partial charge in [0.15, 0.2) is 5.78 Å². The molecule has 1 unspecified atom stereocenters. The average molecular weight is 231 g/mol. The Morgan fingerprint density at radius 2 is 2.06 bits per heavy atom. The molecule has 5 nitrogen and oxygen atoms in total. The average Bonchev–Trinajstić information content (AvgIpc) is 2.99. The summed E-state index contributed by atoms with van der Waals surface area (Å²) in [7, 11) is 1.56. The van der Waals surface area contributed by atoms with Crippen molar-refractivity contribution in [3.05, 3.63) is 24.3 Å². The molecule has 1 aliphatic heterocycles. The lowest BCUT2D eigenvalue weighted by atomic mass is 10.1. The van der Waals surface area contributed by atoms with Crippen LogP contribution in [0.15, 0.2) is 39.5 Å². The lowest BCUT2D eigenvalue weighted by Crippen LogP contribution is -2.23. The zero-order valence-corrected chi connectivity index (χ0v) is 9.97. The summed E-state index contributed by atoms with van der Waals surface area (Å²) in [5, 5.41) is 8.07. The molecule has 0 N–H and O–H groups in total. The van der Waals surface area contributed by atoms with Crippen LogP contribution in [0.4, 0.5) is 5.69 Å². The molecule has 0 bridgehead atoms. The van der Waals surface area contributed by atoms with Gasteiger partial charge in [-0.15, -0.1) is 10.2 Å². The number of ketones is 1. The van der Waals surface area contributed by atoms with Gasteiger partial charge in [0, 0.05) is 0 Å². The van der Waals surface area contributed by atoms with Gasteiger partial charge < -0.3 is 4.74 Å². The Morgan fingerprint density at radius 3 is 2.59 bits per heavy atom. The van der Waals surface area contributed by atoms with Crippen molar-refractivity contribution in [3.63, 3.8) is 0 Å². The quantitative estimate of drug-likeness (QED) is 0.747. The highest BCUT2D eigenvalue weighted by Crippen LogP contribution is 2.34. The van der Waals surface area contributed by atoms with E-state index in [0.29, 0.717) is 17.1 Å². The first-order valence-electron chi connectivity index (χ1n) is 5.24. The molecule has 1 aliphatic rings. The number of para-hydroxylation sites is 1. The summed E-state index contributed by atoms with van der Waals surface area (Å²) in [6.07, 6.45) is 0. The molecule has 1 aromatic rings. The van der Waals surface area contributed by atoms with Crippen molar-refractivity contribution in [2.45, 2.75) is 19.5 Å². The highest BCUT2D eigenvalue weighted by atomic mass is 16.5. The number of hydrogen-bond donors (Lipinski definition) is 0. The summed E-state index contributed by atoms with van der Waals surface area (Å²) in [5.41, 5.74) is 0.245. The van der Waals surface area contributed by atoms with Crippen molar-refractivity contribution in [3.8, 4) is 5.75 Å². The normalized spacial score (nSPS) is 22.4. The second kappa shape index (κ2) is 4.08. The molecule has 0 spiro atoms. The summed E-state index contributed by atoms with van der Waals surface area (Å²) in [4.78, 5) is 15.4. The van der Waals surface area contributed by atoms with Crippen LogP contribution in [0.3, 0.4) is 0 Å². The summed E-state index contributed by atoms with van der Waals surface area (Å²) in [5.74, 6) is 0.502. The molecule has 1 atom stereocenters.